The Hall–Kier alpha value is -2.24. The van der Waals surface area contributed by atoms with E-state index in [9.17, 15) is 9.59 Å². The smallest absolute Gasteiger partial charge is 0.325 e. The Labute approximate surface area is 109 Å². The summed E-state index contributed by atoms with van der Waals surface area (Å²) in [5.74, 6) is -1.18. The molecule has 0 aliphatic carbocycles. The predicted molar refractivity (Wildman–Crippen MR) is 66.6 cm³/mol. The van der Waals surface area contributed by atoms with Crippen molar-refractivity contribution in [2.45, 2.75) is 12.5 Å². The van der Waals surface area contributed by atoms with Crippen molar-refractivity contribution in [3.63, 3.8) is 0 Å². The molecule has 3 heterocycles. The number of carbonyl (C=O) groups excluding carboxylic acids is 2. The van der Waals surface area contributed by atoms with Gasteiger partial charge in [-0.3, -0.25) is 19.6 Å². The van der Waals surface area contributed by atoms with Crippen molar-refractivity contribution in [2.75, 3.05) is 13.1 Å². The van der Waals surface area contributed by atoms with Gasteiger partial charge in [0.1, 0.15) is 5.84 Å². The number of rotatable bonds is 3. The lowest BCUT2D eigenvalue weighted by Crippen LogP contribution is -2.35. The molecular weight excluding hydrogens is 246 g/mol. The average Bonchev–Trinajstić information content (AvgIpc) is 3.01. The largest absolute Gasteiger partial charge is 0.453 e. The van der Waals surface area contributed by atoms with Gasteiger partial charge in [0.2, 0.25) is 0 Å². The van der Waals surface area contributed by atoms with Crippen LogP contribution in [-0.2, 0) is 20.7 Å². The second-order valence-electron chi connectivity index (χ2n) is 4.48. The summed E-state index contributed by atoms with van der Waals surface area (Å²) in [4.78, 5) is 32.3. The van der Waals surface area contributed by atoms with Gasteiger partial charge in [0.25, 0.3) is 0 Å². The quantitative estimate of drug-likeness (QED) is 0.597. The average molecular weight is 259 g/mol. The molecule has 0 amide bonds. The Kier molecular flexibility index (Phi) is 2.98. The normalized spacial score (nSPS) is 26.0. The Morgan fingerprint density at radius 2 is 2.26 bits per heavy atom. The molecule has 0 saturated carbocycles. The first-order valence-electron chi connectivity index (χ1n) is 6.18. The number of carbonyl (C=O) groups is 2. The molecule has 1 saturated heterocycles. The minimum Gasteiger partial charge on any atom is -0.453 e. The number of hydrogen-bond acceptors (Lipinski definition) is 6. The summed E-state index contributed by atoms with van der Waals surface area (Å²) in [7, 11) is 0. The van der Waals surface area contributed by atoms with Crippen LogP contribution in [0.2, 0.25) is 0 Å². The summed E-state index contributed by atoms with van der Waals surface area (Å²) in [6.45, 7) is 1.26. The van der Waals surface area contributed by atoms with Gasteiger partial charge < -0.3 is 10.1 Å². The second-order valence-corrected chi connectivity index (χ2v) is 4.48. The van der Waals surface area contributed by atoms with E-state index in [1.807, 2.05) is 6.07 Å². The summed E-state index contributed by atoms with van der Waals surface area (Å²) in [6, 6.07) is 5.44. The van der Waals surface area contributed by atoms with Gasteiger partial charge in [-0.05, 0) is 12.1 Å². The number of aromatic nitrogens is 1. The predicted octanol–water partition coefficient (Wildman–Crippen LogP) is -0.264. The maximum atomic E-state index is 12.2. The van der Waals surface area contributed by atoms with E-state index in [0.29, 0.717) is 25.3 Å². The van der Waals surface area contributed by atoms with Crippen molar-refractivity contribution >= 4 is 17.6 Å². The Morgan fingerprint density at radius 1 is 1.37 bits per heavy atom. The van der Waals surface area contributed by atoms with Crippen LogP contribution in [0.25, 0.3) is 0 Å². The fraction of sp³-hybridized carbons (Fsp3) is 0.385. The molecule has 0 spiro atoms. The minimum absolute atomic E-state index is 0.233. The van der Waals surface area contributed by atoms with Gasteiger partial charge in [-0.15, -0.1) is 0 Å². The topological polar surface area (TPSA) is 80.7 Å². The van der Waals surface area contributed by atoms with Gasteiger partial charge in [-0.1, -0.05) is 6.07 Å². The molecule has 0 aromatic carbocycles. The first-order valence-corrected chi connectivity index (χ1v) is 6.18. The van der Waals surface area contributed by atoms with E-state index in [1.54, 1.807) is 18.3 Å². The highest BCUT2D eigenvalue weighted by Gasteiger charge is 2.47. The van der Waals surface area contributed by atoms with Crippen molar-refractivity contribution in [2.24, 2.45) is 10.9 Å². The zero-order chi connectivity index (χ0) is 13.2. The zero-order valence-corrected chi connectivity index (χ0v) is 10.2. The number of ketones is 1. The van der Waals surface area contributed by atoms with Gasteiger partial charge >= 0.3 is 5.97 Å². The Bertz CT molecular complexity index is 541. The molecule has 6 nitrogen and oxygen atoms in total. The molecule has 2 aliphatic rings. The number of nitrogens with one attached hydrogen (secondary N) is 1. The van der Waals surface area contributed by atoms with E-state index in [-0.39, 0.29) is 5.78 Å². The molecule has 1 aromatic heterocycles. The summed E-state index contributed by atoms with van der Waals surface area (Å²) < 4.78 is 5.15. The van der Waals surface area contributed by atoms with Crippen LogP contribution in [0.15, 0.2) is 29.4 Å². The number of pyridine rings is 1. The van der Waals surface area contributed by atoms with Crippen LogP contribution in [0.1, 0.15) is 5.69 Å². The van der Waals surface area contributed by atoms with Gasteiger partial charge in [0, 0.05) is 24.9 Å². The monoisotopic (exact) mass is 259 g/mol. The number of amidine groups is 1. The van der Waals surface area contributed by atoms with E-state index in [0.717, 1.165) is 5.69 Å². The van der Waals surface area contributed by atoms with E-state index in [1.165, 1.54) is 0 Å². The third kappa shape index (κ3) is 2.21. The highest BCUT2D eigenvalue weighted by molar-refractivity contribution is 6.23. The van der Waals surface area contributed by atoms with Crippen LogP contribution in [0.3, 0.4) is 0 Å². The second kappa shape index (κ2) is 4.79. The first-order chi connectivity index (χ1) is 9.25. The van der Waals surface area contributed by atoms with Crippen molar-refractivity contribution < 1.29 is 14.3 Å². The number of hydrogen-bond donors (Lipinski definition) is 1. The van der Waals surface area contributed by atoms with E-state index >= 15 is 0 Å². The number of cyclic esters (lactones) is 1. The molecule has 1 fully saturated rings. The van der Waals surface area contributed by atoms with Crippen molar-refractivity contribution in [1.82, 2.24) is 10.3 Å². The van der Waals surface area contributed by atoms with Gasteiger partial charge in [-0.25, -0.2) is 0 Å². The molecular formula is C13H13N3O3. The molecule has 2 atom stereocenters. The fourth-order valence-electron chi connectivity index (χ4n) is 2.28. The lowest BCUT2D eigenvalue weighted by atomic mass is 9.99. The third-order valence-electron chi connectivity index (χ3n) is 3.19. The van der Waals surface area contributed by atoms with Gasteiger partial charge in [-0.2, -0.15) is 0 Å². The molecule has 0 radical (unpaired) electrons. The highest BCUT2D eigenvalue weighted by Crippen LogP contribution is 2.21. The molecule has 2 aliphatic heterocycles. The summed E-state index contributed by atoms with van der Waals surface area (Å²) in [5, 5.41) is 2.96. The van der Waals surface area contributed by atoms with Crippen molar-refractivity contribution in [1.29, 1.82) is 0 Å². The molecule has 98 valence electrons. The molecule has 19 heavy (non-hydrogen) atoms. The highest BCUT2D eigenvalue weighted by atomic mass is 16.6. The van der Waals surface area contributed by atoms with Crippen LogP contribution < -0.4 is 5.32 Å². The van der Waals surface area contributed by atoms with Crippen LogP contribution in [0, 0.1) is 5.92 Å². The third-order valence-corrected chi connectivity index (χ3v) is 3.19. The summed E-state index contributed by atoms with van der Waals surface area (Å²) >= 11 is 0. The van der Waals surface area contributed by atoms with Crippen LogP contribution in [0.5, 0.6) is 0 Å². The van der Waals surface area contributed by atoms with E-state index in [4.69, 9.17) is 4.74 Å². The van der Waals surface area contributed by atoms with Crippen LogP contribution >= 0.6 is 0 Å². The number of aliphatic imine (C=N–C) groups is 1. The Balaban J connectivity index is 1.75. The first kappa shape index (κ1) is 11.8. The number of Topliss-reactive ketones (excluding diaryl/α,β-unsaturated/α-hetero) is 1. The summed E-state index contributed by atoms with van der Waals surface area (Å²) in [6.07, 6.45) is 1.21. The molecule has 2 unspecified atom stereocenters. The van der Waals surface area contributed by atoms with Crippen LogP contribution in [0.4, 0.5) is 0 Å². The fourth-order valence-corrected chi connectivity index (χ4v) is 2.28. The lowest BCUT2D eigenvalue weighted by molar-refractivity contribution is -0.143. The molecule has 6 heteroatoms. The van der Waals surface area contributed by atoms with Gasteiger partial charge in [0.15, 0.2) is 17.8 Å². The summed E-state index contributed by atoms with van der Waals surface area (Å²) in [5.41, 5.74) is 0.732. The SMILES string of the molecule is O=C1OC(Cc2ccccn2)C(=O)C1C1=NCCN1. The molecule has 1 aromatic rings. The molecule has 0 bridgehead atoms. The van der Waals surface area contributed by atoms with Crippen molar-refractivity contribution in [3.05, 3.63) is 30.1 Å². The Morgan fingerprint density at radius 3 is 2.95 bits per heavy atom. The molecule has 1 N–H and O–H groups in total. The number of nitrogens with zero attached hydrogens (tertiary/aromatic N) is 2. The lowest BCUT2D eigenvalue weighted by Gasteiger charge is -2.07. The zero-order valence-electron chi connectivity index (χ0n) is 10.2. The molecule has 3 rings (SSSR count). The van der Waals surface area contributed by atoms with E-state index < -0.39 is 18.0 Å². The van der Waals surface area contributed by atoms with Crippen LogP contribution in [-0.4, -0.2) is 41.8 Å². The van der Waals surface area contributed by atoms with E-state index in [2.05, 4.69) is 15.3 Å². The van der Waals surface area contributed by atoms with Crippen molar-refractivity contribution in [3.8, 4) is 0 Å². The standard InChI is InChI=1S/C13H13N3O3/c17-11-9(7-8-3-1-2-4-14-8)19-13(18)10(11)12-15-5-6-16-12/h1-4,9-10H,5-7H2,(H,15,16). The maximum Gasteiger partial charge on any atom is 0.325 e. The minimum atomic E-state index is -0.879. The number of esters is 1. The number of ether oxygens (including phenoxy) is 1. The maximum absolute atomic E-state index is 12.2. The van der Waals surface area contributed by atoms with Gasteiger partial charge in [0.05, 0.1) is 6.54 Å².